The molecule has 0 radical (unpaired) electrons. The van der Waals surface area contributed by atoms with Crippen LogP contribution >= 0.6 is 11.8 Å². The second kappa shape index (κ2) is 11.4. The molecular weight excluding hydrogens is 352 g/mol. The molecule has 2 rings (SSSR count). The van der Waals surface area contributed by atoms with Gasteiger partial charge in [-0.2, -0.15) is 0 Å². The smallest absolute Gasteiger partial charge is 0.321 e. The van der Waals surface area contributed by atoms with Crippen molar-refractivity contribution in [2.24, 2.45) is 0 Å². The van der Waals surface area contributed by atoms with E-state index in [4.69, 9.17) is 4.74 Å². The number of nitrogens with one attached hydrogen (secondary N) is 2. The number of hydrogen-bond acceptors (Lipinski definition) is 5. The number of imide groups is 1. The van der Waals surface area contributed by atoms with Gasteiger partial charge in [0.2, 0.25) is 0 Å². The maximum atomic E-state index is 11.6. The molecule has 0 bridgehead atoms. The van der Waals surface area contributed by atoms with Crippen molar-refractivity contribution in [2.45, 2.75) is 37.0 Å². The van der Waals surface area contributed by atoms with Crippen molar-refractivity contribution in [3.8, 4) is 0 Å². The summed E-state index contributed by atoms with van der Waals surface area (Å²) < 4.78 is 4.87. The number of allylic oxidation sites excluding steroid dienone is 1. The average Bonchev–Trinajstić information content (AvgIpc) is 2.66. The van der Waals surface area contributed by atoms with Gasteiger partial charge >= 0.3 is 12.0 Å². The second-order valence-corrected chi connectivity index (χ2v) is 6.97. The highest BCUT2D eigenvalue weighted by Gasteiger charge is 2.11. The summed E-state index contributed by atoms with van der Waals surface area (Å²) in [6.07, 6.45) is 7.64. The molecule has 0 heterocycles. The van der Waals surface area contributed by atoms with Crippen LogP contribution in [0.4, 0.5) is 4.79 Å². The van der Waals surface area contributed by atoms with Gasteiger partial charge in [-0.3, -0.25) is 14.9 Å². The van der Waals surface area contributed by atoms with E-state index < -0.39 is 24.5 Å². The molecule has 140 valence electrons. The van der Waals surface area contributed by atoms with Crippen molar-refractivity contribution in [3.63, 3.8) is 0 Å². The Bertz CT molecular complexity index is 646. The van der Waals surface area contributed by atoms with Gasteiger partial charge in [0.1, 0.15) is 0 Å². The van der Waals surface area contributed by atoms with Crippen LogP contribution in [0.1, 0.15) is 32.1 Å². The van der Waals surface area contributed by atoms with Crippen molar-refractivity contribution in [1.29, 1.82) is 0 Å². The van der Waals surface area contributed by atoms with Gasteiger partial charge in [0.05, 0.1) is 5.75 Å². The summed E-state index contributed by atoms with van der Waals surface area (Å²) in [5, 5.41) is 4.79. The maximum absolute atomic E-state index is 11.6. The first-order chi connectivity index (χ1) is 12.6. The Morgan fingerprint density at radius 2 is 1.92 bits per heavy atom. The molecule has 7 heteroatoms. The minimum atomic E-state index is -0.641. The number of thioether (sulfide) groups is 1. The highest BCUT2D eigenvalue weighted by Crippen LogP contribution is 2.19. The average molecular weight is 376 g/mol. The quantitative estimate of drug-likeness (QED) is 0.414. The van der Waals surface area contributed by atoms with E-state index in [0.717, 1.165) is 24.2 Å². The van der Waals surface area contributed by atoms with Crippen LogP contribution < -0.4 is 10.6 Å². The van der Waals surface area contributed by atoms with E-state index in [1.54, 1.807) is 0 Å². The predicted molar refractivity (Wildman–Crippen MR) is 101 cm³/mol. The minimum absolute atomic E-state index is 0.110. The zero-order valence-corrected chi connectivity index (χ0v) is 15.5. The molecule has 3 amide bonds. The van der Waals surface area contributed by atoms with Crippen LogP contribution in [-0.2, 0) is 14.3 Å². The predicted octanol–water partition coefficient (Wildman–Crippen LogP) is 3.04. The number of benzene rings is 1. The lowest BCUT2D eigenvalue weighted by atomic mass is 9.97. The lowest BCUT2D eigenvalue weighted by molar-refractivity contribution is -0.145. The Kier molecular flexibility index (Phi) is 8.75. The number of rotatable bonds is 8. The summed E-state index contributed by atoms with van der Waals surface area (Å²) >= 11 is 1.33. The van der Waals surface area contributed by atoms with Gasteiger partial charge < -0.3 is 10.1 Å². The third-order valence-corrected chi connectivity index (χ3v) is 4.82. The molecule has 0 unspecified atom stereocenters. The number of carbonyl (C=O) groups excluding carboxylic acids is 3. The standard InChI is InChI=1S/C19H24N2O4S/c22-17(13-25-18(23)14-26-16-9-5-2-6-10-16)21-19(24)20-12-11-15-7-3-1-4-8-15/h2,5-7,9-10H,1,3-4,8,11-14H2,(H2,20,21,22,24). The molecule has 0 saturated carbocycles. The normalized spacial score (nSPS) is 13.5. The summed E-state index contributed by atoms with van der Waals surface area (Å²) in [4.78, 5) is 35.8. The Hall–Kier alpha value is -2.28. The fourth-order valence-electron chi connectivity index (χ4n) is 2.52. The van der Waals surface area contributed by atoms with E-state index in [-0.39, 0.29) is 5.75 Å². The topological polar surface area (TPSA) is 84.5 Å². The molecule has 0 saturated heterocycles. The van der Waals surface area contributed by atoms with E-state index >= 15 is 0 Å². The van der Waals surface area contributed by atoms with Gasteiger partial charge in [-0.1, -0.05) is 29.8 Å². The zero-order valence-electron chi connectivity index (χ0n) is 14.7. The Morgan fingerprint density at radius 1 is 1.12 bits per heavy atom. The van der Waals surface area contributed by atoms with Crippen LogP contribution in [0, 0.1) is 0 Å². The Labute approximate surface area is 157 Å². The van der Waals surface area contributed by atoms with E-state index in [1.807, 2.05) is 30.3 Å². The molecule has 0 atom stereocenters. The minimum Gasteiger partial charge on any atom is -0.455 e. The molecule has 1 aromatic rings. The van der Waals surface area contributed by atoms with Crippen molar-refractivity contribution >= 4 is 29.7 Å². The Balaban J connectivity index is 1.55. The van der Waals surface area contributed by atoms with E-state index in [9.17, 15) is 14.4 Å². The van der Waals surface area contributed by atoms with Crippen LogP contribution in [0.15, 0.2) is 46.9 Å². The molecule has 1 aromatic carbocycles. The first kappa shape index (κ1) is 20.0. The molecular formula is C19H24N2O4S. The lowest BCUT2D eigenvalue weighted by Crippen LogP contribution is -2.41. The van der Waals surface area contributed by atoms with Crippen molar-refractivity contribution in [3.05, 3.63) is 42.0 Å². The fourth-order valence-corrected chi connectivity index (χ4v) is 3.24. The molecule has 0 fully saturated rings. The fraction of sp³-hybridized carbons (Fsp3) is 0.421. The largest absolute Gasteiger partial charge is 0.455 e. The number of carbonyl (C=O) groups is 3. The van der Waals surface area contributed by atoms with E-state index in [1.165, 1.54) is 30.2 Å². The molecule has 1 aliphatic carbocycles. The third-order valence-electron chi connectivity index (χ3n) is 3.83. The van der Waals surface area contributed by atoms with E-state index in [2.05, 4.69) is 16.7 Å². The number of ether oxygens (including phenoxy) is 1. The van der Waals surface area contributed by atoms with Crippen LogP contribution in [0.2, 0.25) is 0 Å². The van der Waals surface area contributed by atoms with Gasteiger partial charge in [0, 0.05) is 11.4 Å². The van der Waals surface area contributed by atoms with Crippen molar-refractivity contribution in [2.75, 3.05) is 18.9 Å². The molecule has 1 aliphatic rings. The van der Waals surface area contributed by atoms with Gasteiger partial charge in [-0.05, 0) is 44.2 Å². The van der Waals surface area contributed by atoms with E-state index in [0.29, 0.717) is 6.54 Å². The van der Waals surface area contributed by atoms with Gasteiger partial charge in [-0.15, -0.1) is 11.8 Å². The monoisotopic (exact) mass is 376 g/mol. The van der Waals surface area contributed by atoms with Crippen LogP contribution in [0.5, 0.6) is 0 Å². The summed E-state index contributed by atoms with van der Waals surface area (Å²) in [6.45, 7) is 0.0191. The zero-order chi connectivity index (χ0) is 18.6. The van der Waals surface area contributed by atoms with Crippen LogP contribution in [0.25, 0.3) is 0 Å². The Morgan fingerprint density at radius 3 is 2.65 bits per heavy atom. The molecule has 0 aliphatic heterocycles. The first-order valence-corrected chi connectivity index (χ1v) is 9.71. The summed E-state index contributed by atoms with van der Waals surface area (Å²) in [7, 11) is 0. The van der Waals surface area contributed by atoms with Gasteiger partial charge in [0.25, 0.3) is 5.91 Å². The second-order valence-electron chi connectivity index (χ2n) is 5.92. The summed E-state index contributed by atoms with van der Waals surface area (Å²) in [5.74, 6) is -1.03. The first-order valence-electron chi connectivity index (χ1n) is 8.72. The molecule has 26 heavy (non-hydrogen) atoms. The number of urea groups is 1. The van der Waals surface area contributed by atoms with Crippen molar-refractivity contribution in [1.82, 2.24) is 10.6 Å². The highest BCUT2D eigenvalue weighted by molar-refractivity contribution is 8.00. The van der Waals surface area contributed by atoms with Crippen LogP contribution in [-0.4, -0.2) is 36.8 Å². The molecule has 2 N–H and O–H groups in total. The van der Waals surface area contributed by atoms with Gasteiger partial charge in [0.15, 0.2) is 6.61 Å². The highest BCUT2D eigenvalue weighted by atomic mass is 32.2. The molecule has 6 nitrogen and oxygen atoms in total. The van der Waals surface area contributed by atoms with Crippen LogP contribution in [0.3, 0.4) is 0 Å². The maximum Gasteiger partial charge on any atom is 0.321 e. The SMILES string of the molecule is O=C(COC(=O)CSc1ccccc1)NC(=O)NCCC1=CCCCC1. The summed E-state index contributed by atoms with van der Waals surface area (Å²) in [5.41, 5.74) is 1.35. The number of hydrogen-bond donors (Lipinski definition) is 2. The third kappa shape index (κ3) is 8.20. The van der Waals surface area contributed by atoms with Crippen molar-refractivity contribution < 1.29 is 19.1 Å². The summed E-state index contributed by atoms with van der Waals surface area (Å²) in [6, 6.07) is 8.86. The molecule has 0 spiro atoms. The van der Waals surface area contributed by atoms with Gasteiger partial charge in [-0.25, -0.2) is 4.79 Å². The lowest BCUT2D eigenvalue weighted by Gasteiger charge is -2.13. The molecule has 0 aromatic heterocycles. The number of esters is 1. The number of amides is 3.